The maximum Gasteiger partial charge on any atom is 0.165 e. The molecular weight excluding hydrogens is 255 g/mol. The predicted molar refractivity (Wildman–Crippen MR) is 77.4 cm³/mol. The lowest BCUT2D eigenvalue weighted by Crippen LogP contribution is -2.20. The number of hydrogen-bond donors (Lipinski definition) is 1. The number of ether oxygens (including phenoxy) is 1. The van der Waals surface area contributed by atoms with E-state index >= 15 is 0 Å². The number of aromatic nitrogens is 1. The van der Waals surface area contributed by atoms with Gasteiger partial charge in [0.2, 0.25) is 0 Å². The summed E-state index contributed by atoms with van der Waals surface area (Å²) >= 11 is 0. The quantitative estimate of drug-likeness (QED) is 0.910. The van der Waals surface area contributed by atoms with Crippen molar-refractivity contribution in [1.29, 1.82) is 0 Å². The van der Waals surface area contributed by atoms with Gasteiger partial charge in [0, 0.05) is 18.4 Å². The van der Waals surface area contributed by atoms with E-state index in [-0.39, 0.29) is 17.6 Å². The third-order valence-electron chi connectivity index (χ3n) is 3.46. The summed E-state index contributed by atoms with van der Waals surface area (Å²) < 4.78 is 18.7. The minimum Gasteiger partial charge on any atom is -0.494 e. The van der Waals surface area contributed by atoms with Crippen LogP contribution in [0.4, 0.5) is 4.39 Å². The van der Waals surface area contributed by atoms with Crippen LogP contribution < -0.4 is 10.1 Å². The summed E-state index contributed by atoms with van der Waals surface area (Å²) in [6, 6.07) is 7.16. The van der Waals surface area contributed by atoms with E-state index in [0.29, 0.717) is 6.42 Å². The standard InChI is InChI=1S/C16H19FN2O/c1-11-6-7-19-10-13(11)15(18-2)9-12-4-5-16(20-3)14(17)8-12/h4-8,10,15,18H,9H2,1-3H3. The van der Waals surface area contributed by atoms with Crippen LogP contribution in [0, 0.1) is 12.7 Å². The molecule has 0 aliphatic carbocycles. The number of hydrogen-bond acceptors (Lipinski definition) is 3. The van der Waals surface area contributed by atoms with Crippen molar-refractivity contribution in [3.8, 4) is 5.75 Å². The van der Waals surface area contributed by atoms with Crippen molar-refractivity contribution in [3.63, 3.8) is 0 Å². The minimum atomic E-state index is -0.331. The zero-order valence-electron chi connectivity index (χ0n) is 12.0. The second kappa shape index (κ2) is 6.48. The average molecular weight is 274 g/mol. The number of likely N-dealkylation sites (N-methyl/N-ethyl adjacent to an activating group) is 1. The molecule has 0 fully saturated rings. The molecule has 0 spiro atoms. The number of rotatable bonds is 5. The molecule has 1 N–H and O–H groups in total. The van der Waals surface area contributed by atoms with Crippen LogP contribution in [0.25, 0.3) is 0 Å². The van der Waals surface area contributed by atoms with Crippen LogP contribution >= 0.6 is 0 Å². The first-order valence-corrected chi connectivity index (χ1v) is 6.56. The van der Waals surface area contributed by atoms with Gasteiger partial charge in [-0.05, 0) is 55.3 Å². The maximum atomic E-state index is 13.7. The third-order valence-corrected chi connectivity index (χ3v) is 3.46. The molecule has 0 bridgehead atoms. The number of pyridine rings is 1. The number of methoxy groups -OCH3 is 1. The van der Waals surface area contributed by atoms with Gasteiger partial charge >= 0.3 is 0 Å². The number of benzene rings is 1. The Morgan fingerprint density at radius 1 is 1.35 bits per heavy atom. The number of nitrogens with zero attached hydrogens (tertiary/aromatic N) is 1. The number of halogens is 1. The summed E-state index contributed by atoms with van der Waals surface area (Å²) in [5, 5.41) is 3.26. The van der Waals surface area contributed by atoms with E-state index in [0.717, 1.165) is 11.1 Å². The fraction of sp³-hybridized carbons (Fsp3) is 0.312. The first-order chi connectivity index (χ1) is 9.65. The zero-order valence-corrected chi connectivity index (χ0v) is 12.0. The van der Waals surface area contributed by atoms with E-state index in [4.69, 9.17) is 4.74 Å². The molecule has 3 nitrogen and oxygen atoms in total. The van der Waals surface area contributed by atoms with E-state index in [9.17, 15) is 4.39 Å². The third kappa shape index (κ3) is 3.14. The van der Waals surface area contributed by atoms with E-state index in [1.807, 2.05) is 25.4 Å². The summed E-state index contributed by atoms with van der Waals surface area (Å²) in [6.45, 7) is 2.05. The number of aryl methyl sites for hydroxylation is 1. The Balaban J connectivity index is 2.23. The molecule has 2 aromatic rings. The lowest BCUT2D eigenvalue weighted by Gasteiger charge is -2.18. The molecular formula is C16H19FN2O. The first kappa shape index (κ1) is 14.5. The molecule has 0 aliphatic heterocycles. The van der Waals surface area contributed by atoms with Crippen LogP contribution in [0.1, 0.15) is 22.7 Å². The van der Waals surface area contributed by atoms with Gasteiger partial charge in [0.1, 0.15) is 0 Å². The van der Waals surface area contributed by atoms with Crippen molar-refractivity contribution in [2.24, 2.45) is 0 Å². The van der Waals surface area contributed by atoms with Crippen molar-refractivity contribution in [2.45, 2.75) is 19.4 Å². The Bertz CT molecular complexity index is 586. The van der Waals surface area contributed by atoms with Gasteiger partial charge in [0.25, 0.3) is 0 Å². The maximum absolute atomic E-state index is 13.7. The van der Waals surface area contributed by atoms with Crippen LogP contribution in [-0.4, -0.2) is 19.1 Å². The average Bonchev–Trinajstić information content (AvgIpc) is 2.46. The van der Waals surface area contributed by atoms with Crippen LogP contribution in [-0.2, 0) is 6.42 Å². The summed E-state index contributed by atoms with van der Waals surface area (Å²) in [5.41, 5.74) is 3.23. The monoisotopic (exact) mass is 274 g/mol. The fourth-order valence-electron chi connectivity index (χ4n) is 2.28. The largest absolute Gasteiger partial charge is 0.494 e. The molecule has 0 radical (unpaired) electrons. The highest BCUT2D eigenvalue weighted by Gasteiger charge is 2.14. The molecule has 4 heteroatoms. The second-order valence-corrected chi connectivity index (χ2v) is 4.75. The topological polar surface area (TPSA) is 34.1 Å². The normalized spacial score (nSPS) is 12.2. The Labute approximate surface area is 118 Å². The number of nitrogens with one attached hydrogen (secondary N) is 1. The fourth-order valence-corrected chi connectivity index (χ4v) is 2.28. The van der Waals surface area contributed by atoms with Crippen LogP contribution in [0.15, 0.2) is 36.7 Å². The Hall–Kier alpha value is -1.94. The molecule has 20 heavy (non-hydrogen) atoms. The van der Waals surface area contributed by atoms with Crippen molar-refractivity contribution in [1.82, 2.24) is 10.3 Å². The van der Waals surface area contributed by atoms with Crippen molar-refractivity contribution in [2.75, 3.05) is 14.2 Å². The molecule has 0 aliphatic rings. The van der Waals surface area contributed by atoms with Gasteiger partial charge in [-0.2, -0.15) is 0 Å². The summed E-state index contributed by atoms with van der Waals surface area (Å²) in [5.74, 6) is -0.0601. The van der Waals surface area contributed by atoms with E-state index < -0.39 is 0 Å². The van der Waals surface area contributed by atoms with Crippen molar-refractivity contribution in [3.05, 3.63) is 59.2 Å². The lowest BCUT2D eigenvalue weighted by molar-refractivity contribution is 0.386. The van der Waals surface area contributed by atoms with Gasteiger partial charge in [0.05, 0.1) is 7.11 Å². The highest BCUT2D eigenvalue weighted by molar-refractivity contribution is 5.32. The molecule has 1 atom stereocenters. The van der Waals surface area contributed by atoms with Crippen LogP contribution in [0.5, 0.6) is 5.75 Å². The van der Waals surface area contributed by atoms with Gasteiger partial charge in [-0.25, -0.2) is 4.39 Å². The molecule has 106 valence electrons. The molecule has 0 amide bonds. The van der Waals surface area contributed by atoms with Gasteiger partial charge < -0.3 is 10.1 Å². The molecule has 0 saturated carbocycles. The van der Waals surface area contributed by atoms with Gasteiger partial charge in [0.15, 0.2) is 11.6 Å². The van der Waals surface area contributed by atoms with Crippen LogP contribution in [0.3, 0.4) is 0 Å². The molecule has 1 unspecified atom stereocenters. The highest BCUT2D eigenvalue weighted by Crippen LogP contribution is 2.23. The van der Waals surface area contributed by atoms with E-state index in [1.165, 1.54) is 18.7 Å². The molecule has 2 rings (SSSR count). The van der Waals surface area contributed by atoms with Crippen molar-refractivity contribution >= 4 is 0 Å². The lowest BCUT2D eigenvalue weighted by atomic mass is 9.97. The van der Waals surface area contributed by atoms with E-state index in [1.54, 1.807) is 12.3 Å². The first-order valence-electron chi connectivity index (χ1n) is 6.56. The smallest absolute Gasteiger partial charge is 0.165 e. The molecule has 1 aromatic carbocycles. The second-order valence-electron chi connectivity index (χ2n) is 4.75. The summed E-state index contributed by atoms with van der Waals surface area (Å²) in [4.78, 5) is 4.17. The summed E-state index contributed by atoms with van der Waals surface area (Å²) in [6.07, 6.45) is 4.33. The SMILES string of the molecule is CNC(Cc1ccc(OC)c(F)c1)c1cnccc1C. The van der Waals surface area contributed by atoms with Crippen LogP contribution in [0.2, 0.25) is 0 Å². The molecule has 1 aromatic heterocycles. The van der Waals surface area contributed by atoms with E-state index in [2.05, 4.69) is 17.2 Å². The van der Waals surface area contributed by atoms with Gasteiger partial charge in [-0.1, -0.05) is 6.07 Å². The molecule has 1 heterocycles. The Morgan fingerprint density at radius 2 is 2.15 bits per heavy atom. The molecule has 0 saturated heterocycles. The minimum absolute atomic E-state index is 0.108. The predicted octanol–water partition coefficient (Wildman–Crippen LogP) is 3.04. The Morgan fingerprint density at radius 3 is 2.75 bits per heavy atom. The van der Waals surface area contributed by atoms with Crippen molar-refractivity contribution < 1.29 is 9.13 Å². The zero-order chi connectivity index (χ0) is 14.5. The van der Waals surface area contributed by atoms with Gasteiger partial charge in [-0.15, -0.1) is 0 Å². The highest BCUT2D eigenvalue weighted by atomic mass is 19.1. The Kier molecular flexibility index (Phi) is 4.69. The summed E-state index contributed by atoms with van der Waals surface area (Å²) in [7, 11) is 3.37. The van der Waals surface area contributed by atoms with Gasteiger partial charge in [-0.3, -0.25) is 4.98 Å².